The number of benzene rings is 2. The summed E-state index contributed by atoms with van der Waals surface area (Å²) in [5.41, 5.74) is -0.555. The van der Waals surface area contributed by atoms with E-state index in [0.717, 1.165) is 12.1 Å². The summed E-state index contributed by atoms with van der Waals surface area (Å²) in [5.74, 6) is -6.36. The Bertz CT molecular complexity index is 1260. The molecule has 1 aromatic heterocycles. The van der Waals surface area contributed by atoms with E-state index in [2.05, 4.69) is 15.0 Å². The lowest BCUT2D eigenvalue weighted by Gasteiger charge is -2.07. The summed E-state index contributed by atoms with van der Waals surface area (Å²) in [6.07, 6.45) is 0. The number of ether oxygens (including phenoxy) is 1. The molecule has 1 heterocycles. The molecule has 0 saturated carbocycles. The fraction of sp³-hybridized carbons (Fsp3) is 0.118. The van der Waals surface area contributed by atoms with Crippen LogP contribution >= 0.6 is 11.3 Å². The molecule has 0 fully saturated rings. The van der Waals surface area contributed by atoms with Crippen molar-refractivity contribution in [2.75, 3.05) is 19.0 Å². The minimum Gasteiger partial charge on any atom is -0.452 e. The number of carbonyl (C=O) groups is 2. The lowest BCUT2D eigenvalue weighted by atomic mass is 10.2. The molecule has 158 valence electrons. The third-order valence-corrected chi connectivity index (χ3v) is 6.08. The Balaban J connectivity index is 1.66. The van der Waals surface area contributed by atoms with Crippen LogP contribution in [0.25, 0.3) is 10.2 Å². The Morgan fingerprint density at radius 3 is 2.60 bits per heavy atom. The molecule has 2 aromatic carbocycles. The normalized spacial score (nSPS) is 11.5. The zero-order valence-corrected chi connectivity index (χ0v) is 16.7. The standard InChI is InChI=1S/C17H12F3N3O5S2/c1-21-30(26,27)9-4-2-3-8(5-9)16(25)28-7-12(24)22-17-23-15-11(29-17)6-10(18)13(19)14(15)20/h2-6,21H,7H2,1H3,(H,22,23,24). The highest BCUT2D eigenvalue weighted by Crippen LogP contribution is 2.30. The molecular weight excluding hydrogens is 447 g/mol. The van der Waals surface area contributed by atoms with Crippen LogP contribution in [-0.4, -0.2) is 38.9 Å². The van der Waals surface area contributed by atoms with E-state index >= 15 is 0 Å². The monoisotopic (exact) mass is 459 g/mol. The number of sulfonamides is 1. The van der Waals surface area contributed by atoms with Crippen molar-refractivity contribution in [2.45, 2.75) is 4.90 Å². The Morgan fingerprint density at radius 1 is 1.17 bits per heavy atom. The van der Waals surface area contributed by atoms with Crippen LogP contribution in [0.5, 0.6) is 0 Å². The molecule has 0 radical (unpaired) electrons. The second-order valence-corrected chi connectivity index (χ2v) is 8.63. The van der Waals surface area contributed by atoms with Crippen LogP contribution in [0.15, 0.2) is 35.2 Å². The smallest absolute Gasteiger partial charge is 0.338 e. The van der Waals surface area contributed by atoms with Crippen molar-refractivity contribution in [3.05, 3.63) is 53.3 Å². The quantitative estimate of drug-likeness (QED) is 0.432. The van der Waals surface area contributed by atoms with E-state index in [1.807, 2.05) is 0 Å². The first-order valence-electron chi connectivity index (χ1n) is 8.07. The maximum absolute atomic E-state index is 13.7. The molecule has 30 heavy (non-hydrogen) atoms. The predicted octanol–water partition coefficient (Wildman–Crippen LogP) is 2.42. The third-order valence-electron chi connectivity index (χ3n) is 3.75. The summed E-state index contributed by atoms with van der Waals surface area (Å²) in [5, 5.41) is 2.07. The molecule has 8 nitrogen and oxygen atoms in total. The topological polar surface area (TPSA) is 114 Å². The number of halogens is 3. The highest BCUT2D eigenvalue weighted by Gasteiger charge is 2.19. The molecule has 1 amide bonds. The average molecular weight is 459 g/mol. The fourth-order valence-electron chi connectivity index (χ4n) is 2.31. The van der Waals surface area contributed by atoms with Gasteiger partial charge >= 0.3 is 5.97 Å². The number of hydrogen-bond acceptors (Lipinski definition) is 7. The van der Waals surface area contributed by atoms with Crippen molar-refractivity contribution in [1.82, 2.24) is 9.71 Å². The van der Waals surface area contributed by atoms with E-state index in [1.54, 1.807) is 0 Å². The Labute approximate surface area is 171 Å². The van der Waals surface area contributed by atoms with Crippen LogP contribution in [0.1, 0.15) is 10.4 Å². The summed E-state index contributed by atoms with van der Waals surface area (Å²) in [7, 11) is -2.57. The zero-order valence-electron chi connectivity index (χ0n) is 15.0. The van der Waals surface area contributed by atoms with E-state index in [0.29, 0.717) is 11.3 Å². The Morgan fingerprint density at radius 2 is 1.90 bits per heavy atom. The maximum atomic E-state index is 13.7. The van der Waals surface area contributed by atoms with Crippen molar-refractivity contribution >= 4 is 48.6 Å². The molecule has 0 atom stereocenters. The largest absolute Gasteiger partial charge is 0.452 e. The molecule has 0 spiro atoms. The van der Waals surface area contributed by atoms with Gasteiger partial charge in [-0.15, -0.1) is 0 Å². The highest BCUT2D eigenvalue weighted by molar-refractivity contribution is 7.89. The fourth-order valence-corrected chi connectivity index (χ4v) is 3.99. The molecule has 0 aliphatic carbocycles. The molecule has 0 aliphatic rings. The minimum atomic E-state index is -3.78. The first-order valence-corrected chi connectivity index (χ1v) is 10.4. The molecule has 0 unspecified atom stereocenters. The number of carbonyl (C=O) groups excluding carboxylic acids is 2. The van der Waals surface area contributed by atoms with E-state index in [-0.39, 0.29) is 20.3 Å². The number of hydrogen-bond donors (Lipinski definition) is 2. The number of nitrogens with one attached hydrogen (secondary N) is 2. The number of aromatic nitrogens is 1. The lowest BCUT2D eigenvalue weighted by Crippen LogP contribution is -2.21. The van der Waals surface area contributed by atoms with Gasteiger partial charge in [-0.1, -0.05) is 17.4 Å². The number of nitrogens with zero attached hydrogens (tertiary/aromatic N) is 1. The Hall–Kier alpha value is -3.03. The number of thiazole rings is 1. The van der Waals surface area contributed by atoms with E-state index < -0.39 is 51.5 Å². The molecule has 2 N–H and O–H groups in total. The van der Waals surface area contributed by atoms with Crippen LogP contribution in [0, 0.1) is 17.5 Å². The van der Waals surface area contributed by atoms with E-state index in [1.165, 1.54) is 25.2 Å². The molecule has 3 aromatic rings. The summed E-state index contributed by atoms with van der Waals surface area (Å²) in [4.78, 5) is 27.5. The van der Waals surface area contributed by atoms with Gasteiger partial charge in [-0.2, -0.15) is 0 Å². The van der Waals surface area contributed by atoms with Gasteiger partial charge in [-0.3, -0.25) is 10.1 Å². The van der Waals surface area contributed by atoms with Crippen LogP contribution in [0.4, 0.5) is 18.3 Å². The number of esters is 1. The predicted molar refractivity (Wildman–Crippen MR) is 101 cm³/mol. The number of fused-ring (bicyclic) bond motifs is 1. The van der Waals surface area contributed by atoms with Gasteiger partial charge in [0.2, 0.25) is 10.0 Å². The minimum absolute atomic E-state index is 0.0266. The molecule has 0 aliphatic heterocycles. The van der Waals surface area contributed by atoms with Crippen molar-refractivity contribution in [1.29, 1.82) is 0 Å². The average Bonchev–Trinajstić information content (AvgIpc) is 3.12. The molecular formula is C17H12F3N3O5S2. The van der Waals surface area contributed by atoms with E-state index in [4.69, 9.17) is 4.74 Å². The summed E-state index contributed by atoms with van der Waals surface area (Å²) >= 11 is 0.697. The summed E-state index contributed by atoms with van der Waals surface area (Å²) in [6.45, 7) is -0.761. The van der Waals surface area contributed by atoms with Gasteiger partial charge in [-0.05, 0) is 31.3 Å². The van der Waals surface area contributed by atoms with Gasteiger partial charge in [0.05, 0.1) is 15.2 Å². The molecule has 0 bridgehead atoms. The van der Waals surface area contributed by atoms with Gasteiger partial charge in [0.15, 0.2) is 29.2 Å². The van der Waals surface area contributed by atoms with Crippen molar-refractivity contribution < 1.29 is 35.9 Å². The van der Waals surface area contributed by atoms with Crippen molar-refractivity contribution in [3.63, 3.8) is 0 Å². The van der Waals surface area contributed by atoms with Crippen LogP contribution in [0.2, 0.25) is 0 Å². The lowest BCUT2D eigenvalue weighted by molar-refractivity contribution is -0.119. The zero-order chi connectivity index (χ0) is 22.1. The molecule has 13 heteroatoms. The van der Waals surface area contributed by atoms with Crippen LogP contribution in [-0.2, 0) is 19.6 Å². The van der Waals surface area contributed by atoms with E-state index in [9.17, 15) is 31.2 Å². The third kappa shape index (κ3) is 4.42. The summed E-state index contributed by atoms with van der Waals surface area (Å²) in [6, 6.07) is 5.72. The second kappa shape index (κ2) is 8.38. The number of amides is 1. The molecule has 3 rings (SSSR count). The highest BCUT2D eigenvalue weighted by atomic mass is 32.2. The first-order chi connectivity index (χ1) is 14.1. The van der Waals surface area contributed by atoms with Gasteiger partial charge in [0.25, 0.3) is 5.91 Å². The van der Waals surface area contributed by atoms with Crippen LogP contribution in [0.3, 0.4) is 0 Å². The SMILES string of the molecule is CNS(=O)(=O)c1cccc(C(=O)OCC(=O)Nc2nc3c(F)c(F)c(F)cc3s2)c1. The van der Waals surface area contributed by atoms with Gasteiger partial charge in [0.1, 0.15) is 5.52 Å². The number of anilines is 1. The van der Waals surface area contributed by atoms with Crippen molar-refractivity contribution in [3.8, 4) is 0 Å². The van der Waals surface area contributed by atoms with Gasteiger partial charge in [0, 0.05) is 0 Å². The van der Waals surface area contributed by atoms with Gasteiger partial charge < -0.3 is 4.74 Å². The maximum Gasteiger partial charge on any atom is 0.338 e. The number of rotatable bonds is 6. The molecule has 0 saturated heterocycles. The second-order valence-electron chi connectivity index (χ2n) is 5.71. The van der Waals surface area contributed by atoms with Crippen LogP contribution < -0.4 is 10.0 Å². The summed E-state index contributed by atoms with van der Waals surface area (Å²) < 4.78 is 70.6. The van der Waals surface area contributed by atoms with Crippen molar-refractivity contribution in [2.24, 2.45) is 0 Å². The first kappa shape index (κ1) is 21.7. The van der Waals surface area contributed by atoms with Gasteiger partial charge in [-0.25, -0.2) is 36.1 Å². The Kier molecular flexibility index (Phi) is 6.05.